The Hall–Kier alpha value is -1.64. The summed E-state index contributed by atoms with van der Waals surface area (Å²) in [6.07, 6.45) is 1.42. The number of aldehydes is 1. The number of carbonyl (C=O) groups is 2. The maximum Gasteiger partial charge on any atom is 0.309 e. The van der Waals surface area contributed by atoms with E-state index in [9.17, 15) is 9.59 Å². The summed E-state index contributed by atoms with van der Waals surface area (Å²) in [5.74, 6) is -1.02. The van der Waals surface area contributed by atoms with Crippen molar-refractivity contribution in [1.82, 2.24) is 0 Å². The van der Waals surface area contributed by atoms with Crippen LogP contribution in [0.3, 0.4) is 0 Å². The van der Waals surface area contributed by atoms with Gasteiger partial charge >= 0.3 is 5.97 Å². The van der Waals surface area contributed by atoms with Crippen molar-refractivity contribution < 1.29 is 14.3 Å². The zero-order chi connectivity index (χ0) is 12.7. The lowest BCUT2D eigenvalue weighted by molar-refractivity contribution is -0.150. The maximum absolute atomic E-state index is 11.6. The fraction of sp³-hybridized carbons (Fsp3) is 0.429. The molecule has 17 heavy (non-hydrogen) atoms. The normalized spacial score (nSPS) is 13.8. The summed E-state index contributed by atoms with van der Waals surface area (Å²) in [5, 5.41) is 0. The van der Waals surface area contributed by atoms with Crippen molar-refractivity contribution in [2.75, 3.05) is 6.61 Å². The molecule has 0 saturated carbocycles. The molecule has 1 aromatic carbocycles. The number of ether oxygens (including phenoxy) is 1. The van der Waals surface area contributed by atoms with Crippen LogP contribution in [0.5, 0.6) is 0 Å². The Morgan fingerprint density at radius 2 is 2.00 bits per heavy atom. The highest BCUT2D eigenvalue weighted by Crippen LogP contribution is 2.17. The summed E-state index contributed by atoms with van der Waals surface area (Å²) in [6, 6.07) is 9.68. The Balaban J connectivity index is 2.65. The molecule has 0 radical (unpaired) electrons. The van der Waals surface area contributed by atoms with Crippen molar-refractivity contribution in [2.45, 2.75) is 20.3 Å². The molecular weight excluding hydrogens is 216 g/mol. The number of carbonyl (C=O) groups excluding carboxylic acids is 2. The second-order valence-electron chi connectivity index (χ2n) is 4.03. The Morgan fingerprint density at radius 3 is 2.53 bits per heavy atom. The van der Waals surface area contributed by atoms with Gasteiger partial charge in [0.15, 0.2) is 0 Å². The van der Waals surface area contributed by atoms with Gasteiger partial charge in [0, 0.05) is 5.92 Å². The zero-order valence-corrected chi connectivity index (χ0v) is 10.3. The standard InChI is InChI=1S/C14H18O3/c1-3-17-14(16)11(2)13(10-15)9-12-7-5-4-6-8-12/h4-8,10-11,13H,3,9H2,1-2H3/t11-,13-/m1/s1. The van der Waals surface area contributed by atoms with Crippen molar-refractivity contribution in [3.05, 3.63) is 35.9 Å². The van der Waals surface area contributed by atoms with Gasteiger partial charge in [-0.05, 0) is 18.9 Å². The Labute approximate surface area is 102 Å². The first-order valence-electron chi connectivity index (χ1n) is 5.84. The van der Waals surface area contributed by atoms with Crippen LogP contribution in [0.1, 0.15) is 19.4 Å². The molecule has 1 aromatic rings. The van der Waals surface area contributed by atoms with Gasteiger partial charge in [-0.1, -0.05) is 37.3 Å². The van der Waals surface area contributed by atoms with E-state index in [1.165, 1.54) is 0 Å². The summed E-state index contributed by atoms with van der Waals surface area (Å²) in [6.45, 7) is 3.85. The summed E-state index contributed by atoms with van der Waals surface area (Å²) in [7, 11) is 0. The summed E-state index contributed by atoms with van der Waals surface area (Å²) in [4.78, 5) is 22.6. The molecule has 0 amide bonds. The molecule has 3 nitrogen and oxygen atoms in total. The first-order chi connectivity index (χ1) is 8.19. The fourth-order valence-electron chi connectivity index (χ4n) is 1.68. The molecule has 0 saturated heterocycles. The van der Waals surface area contributed by atoms with Crippen molar-refractivity contribution in [3.63, 3.8) is 0 Å². The van der Waals surface area contributed by atoms with Gasteiger partial charge in [0.2, 0.25) is 0 Å². The van der Waals surface area contributed by atoms with Gasteiger partial charge in [-0.3, -0.25) is 4.79 Å². The summed E-state index contributed by atoms with van der Waals surface area (Å²) < 4.78 is 4.93. The molecule has 0 heterocycles. The molecular formula is C14H18O3. The second kappa shape index (κ2) is 6.84. The molecule has 0 aliphatic rings. The minimum absolute atomic E-state index is 0.305. The number of rotatable bonds is 6. The predicted molar refractivity (Wildman–Crippen MR) is 65.5 cm³/mol. The lowest BCUT2D eigenvalue weighted by Crippen LogP contribution is -2.26. The van der Waals surface area contributed by atoms with Crippen LogP contribution in [0.25, 0.3) is 0 Å². The number of hydrogen-bond donors (Lipinski definition) is 0. The molecule has 0 aromatic heterocycles. The third-order valence-corrected chi connectivity index (χ3v) is 2.79. The molecule has 0 bridgehead atoms. The van der Waals surface area contributed by atoms with Crippen LogP contribution in [0.4, 0.5) is 0 Å². The number of hydrogen-bond acceptors (Lipinski definition) is 3. The number of benzene rings is 1. The molecule has 92 valence electrons. The average molecular weight is 234 g/mol. The van der Waals surface area contributed by atoms with Crippen molar-refractivity contribution in [3.8, 4) is 0 Å². The first-order valence-corrected chi connectivity index (χ1v) is 5.84. The zero-order valence-electron chi connectivity index (χ0n) is 10.3. The van der Waals surface area contributed by atoms with Crippen molar-refractivity contribution in [1.29, 1.82) is 0 Å². The third kappa shape index (κ3) is 4.02. The van der Waals surface area contributed by atoms with E-state index in [4.69, 9.17) is 4.74 Å². The van der Waals surface area contributed by atoms with Gasteiger partial charge in [0.1, 0.15) is 6.29 Å². The lowest BCUT2D eigenvalue weighted by Gasteiger charge is -2.17. The highest BCUT2D eigenvalue weighted by Gasteiger charge is 2.24. The second-order valence-corrected chi connectivity index (χ2v) is 4.03. The molecule has 2 atom stereocenters. The molecule has 0 aliphatic heterocycles. The Kier molecular flexibility index (Phi) is 5.40. The Morgan fingerprint density at radius 1 is 1.35 bits per heavy atom. The maximum atomic E-state index is 11.6. The molecule has 3 heteroatoms. The van der Waals surface area contributed by atoms with Gasteiger partial charge in [0.05, 0.1) is 12.5 Å². The van der Waals surface area contributed by atoms with Gasteiger partial charge in [-0.2, -0.15) is 0 Å². The van der Waals surface area contributed by atoms with Crippen LogP contribution in [-0.2, 0) is 20.7 Å². The van der Waals surface area contributed by atoms with Crippen LogP contribution in [0.2, 0.25) is 0 Å². The van der Waals surface area contributed by atoms with Gasteiger partial charge in [-0.25, -0.2) is 0 Å². The quantitative estimate of drug-likeness (QED) is 0.560. The monoisotopic (exact) mass is 234 g/mol. The molecule has 0 N–H and O–H groups in total. The summed E-state index contributed by atoms with van der Waals surface area (Å²) in [5.41, 5.74) is 1.06. The van der Waals surface area contributed by atoms with Crippen molar-refractivity contribution in [2.24, 2.45) is 11.8 Å². The third-order valence-electron chi connectivity index (χ3n) is 2.79. The van der Waals surface area contributed by atoms with E-state index >= 15 is 0 Å². The average Bonchev–Trinajstić information content (AvgIpc) is 2.36. The molecule has 0 unspecified atom stereocenters. The van der Waals surface area contributed by atoms with Gasteiger partial charge < -0.3 is 9.53 Å². The van der Waals surface area contributed by atoms with E-state index in [1.807, 2.05) is 30.3 Å². The topological polar surface area (TPSA) is 43.4 Å². The van der Waals surface area contributed by atoms with Gasteiger partial charge in [-0.15, -0.1) is 0 Å². The highest BCUT2D eigenvalue weighted by molar-refractivity contribution is 5.76. The van der Waals surface area contributed by atoms with E-state index in [0.717, 1.165) is 11.8 Å². The van der Waals surface area contributed by atoms with E-state index in [0.29, 0.717) is 13.0 Å². The summed E-state index contributed by atoms with van der Waals surface area (Å²) >= 11 is 0. The lowest BCUT2D eigenvalue weighted by atomic mass is 9.89. The molecule has 0 spiro atoms. The van der Waals surface area contributed by atoms with E-state index in [1.54, 1.807) is 13.8 Å². The number of esters is 1. The SMILES string of the molecule is CCOC(=O)[C@H](C)[C@@H](C=O)Cc1ccccc1. The van der Waals surface area contributed by atoms with Crippen LogP contribution in [0.15, 0.2) is 30.3 Å². The predicted octanol–water partition coefficient (Wildman–Crippen LogP) is 2.24. The molecule has 0 fully saturated rings. The van der Waals surface area contributed by atoms with Gasteiger partial charge in [0.25, 0.3) is 0 Å². The molecule has 1 rings (SSSR count). The van der Waals surface area contributed by atoms with Crippen LogP contribution in [-0.4, -0.2) is 18.9 Å². The Bertz CT molecular complexity index is 359. The fourth-order valence-corrected chi connectivity index (χ4v) is 1.68. The van der Waals surface area contributed by atoms with Crippen molar-refractivity contribution >= 4 is 12.3 Å². The molecule has 0 aliphatic carbocycles. The first kappa shape index (κ1) is 13.4. The largest absolute Gasteiger partial charge is 0.466 e. The van der Waals surface area contributed by atoms with Crippen LogP contribution < -0.4 is 0 Å². The van der Waals surface area contributed by atoms with E-state index in [-0.39, 0.29) is 11.9 Å². The van der Waals surface area contributed by atoms with E-state index in [2.05, 4.69) is 0 Å². The highest BCUT2D eigenvalue weighted by atomic mass is 16.5. The minimum Gasteiger partial charge on any atom is -0.466 e. The smallest absolute Gasteiger partial charge is 0.309 e. The van der Waals surface area contributed by atoms with E-state index < -0.39 is 5.92 Å². The van der Waals surface area contributed by atoms with Crippen LogP contribution >= 0.6 is 0 Å². The van der Waals surface area contributed by atoms with Crippen LogP contribution in [0, 0.1) is 11.8 Å². The minimum atomic E-state index is -0.396.